The Morgan fingerprint density at radius 2 is 0.914 bits per heavy atom. The molecule has 0 amide bonds. The largest absolute Gasteiger partial charge is 0.456 e. The van der Waals surface area contributed by atoms with Crippen molar-refractivity contribution in [3.05, 3.63) is 223 Å². The number of hydrogen-bond donors (Lipinski definition) is 1. The molecule has 1 unspecified atom stereocenters. The minimum Gasteiger partial charge on any atom is -0.456 e. The fourth-order valence-corrected chi connectivity index (χ4v) is 8.41. The molecule has 4 nitrogen and oxygen atoms in total. The van der Waals surface area contributed by atoms with E-state index in [0.29, 0.717) is 0 Å². The number of hydrogen-bond acceptors (Lipinski definition) is 4. The lowest BCUT2D eigenvalue weighted by molar-refractivity contribution is 0.669. The molecule has 4 heteroatoms. The summed E-state index contributed by atoms with van der Waals surface area (Å²) in [5.74, 6) is 0. The number of para-hydroxylation sites is 1. The van der Waals surface area contributed by atoms with Crippen LogP contribution >= 0.6 is 0 Å². The van der Waals surface area contributed by atoms with Gasteiger partial charge in [0.2, 0.25) is 6.29 Å². The fraction of sp³-hybridized carbons (Fsp3) is 0.0185. The summed E-state index contributed by atoms with van der Waals surface area (Å²) in [5.41, 5.74) is 14.6. The first-order valence-electron chi connectivity index (χ1n) is 19.7. The van der Waals surface area contributed by atoms with Crippen LogP contribution in [0.5, 0.6) is 0 Å². The Hall–Kier alpha value is -7.69. The van der Waals surface area contributed by atoms with Gasteiger partial charge in [0.1, 0.15) is 11.2 Å². The standard InChI is InChI=1S/C54H37N3O/c1-4-14-36(15-5-1)39-24-28-44(29-25-39)57(45-30-26-40(27-31-45)37-16-6-2-7-17-37)54-55-49-23-13-12-22-46(49)53(56-54)48-33-43(38-18-8-3-9-19-38)35-51-52(48)47-32-41-20-10-11-21-42(41)34-50(47)58-51/h1-35,54-55H. The van der Waals surface area contributed by atoms with Gasteiger partial charge in [0, 0.05) is 39.0 Å². The lowest BCUT2D eigenvalue weighted by atomic mass is 9.91. The number of benzene rings is 9. The van der Waals surface area contributed by atoms with Gasteiger partial charge in [-0.25, -0.2) is 4.99 Å². The molecule has 1 aliphatic heterocycles. The van der Waals surface area contributed by atoms with Crippen LogP contribution in [-0.4, -0.2) is 12.0 Å². The van der Waals surface area contributed by atoms with Crippen molar-refractivity contribution in [2.24, 2.45) is 4.99 Å². The molecule has 1 aromatic heterocycles. The highest BCUT2D eigenvalue weighted by atomic mass is 16.3. The minimum atomic E-state index is -0.482. The van der Waals surface area contributed by atoms with Gasteiger partial charge in [-0.05, 0) is 98.8 Å². The number of anilines is 3. The average molecular weight is 744 g/mol. The van der Waals surface area contributed by atoms with E-state index in [9.17, 15) is 0 Å². The van der Waals surface area contributed by atoms with E-state index in [4.69, 9.17) is 9.41 Å². The van der Waals surface area contributed by atoms with Crippen molar-refractivity contribution in [1.82, 2.24) is 0 Å². The van der Waals surface area contributed by atoms with Crippen LogP contribution in [0.15, 0.2) is 222 Å². The topological polar surface area (TPSA) is 40.8 Å². The molecule has 0 bridgehead atoms. The van der Waals surface area contributed by atoms with Gasteiger partial charge in [-0.2, -0.15) is 0 Å². The molecule has 0 radical (unpaired) electrons. The Morgan fingerprint density at radius 1 is 0.414 bits per heavy atom. The Kier molecular flexibility index (Phi) is 8.18. The van der Waals surface area contributed by atoms with E-state index >= 15 is 0 Å². The van der Waals surface area contributed by atoms with E-state index in [1.165, 1.54) is 16.5 Å². The van der Waals surface area contributed by atoms with Crippen LogP contribution in [0.1, 0.15) is 11.1 Å². The van der Waals surface area contributed by atoms with Gasteiger partial charge in [-0.3, -0.25) is 0 Å². The van der Waals surface area contributed by atoms with Crippen molar-refractivity contribution in [3.63, 3.8) is 0 Å². The number of fused-ring (bicyclic) bond motifs is 5. The molecule has 11 rings (SSSR count). The number of nitrogens with one attached hydrogen (secondary N) is 1. The highest BCUT2D eigenvalue weighted by Crippen LogP contribution is 2.41. The van der Waals surface area contributed by atoms with Gasteiger partial charge in [-0.15, -0.1) is 0 Å². The maximum absolute atomic E-state index is 6.77. The second kappa shape index (κ2) is 14.1. The lowest BCUT2D eigenvalue weighted by Gasteiger charge is -2.36. The summed E-state index contributed by atoms with van der Waals surface area (Å²) in [5, 5.41) is 8.30. The SMILES string of the molecule is c1ccc(-c2ccc(N(c3ccc(-c4ccccc4)cc3)C3N=C(c4cc(-c5ccccc5)cc5oc6cc7ccccc7cc6c45)c4ccccc4N3)cc2)cc1. The quantitative estimate of drug-likeness (QED) is 0.177. The first-order valence-corrected chi connectivity index (χ1v) is 19.7. The van der Waals surface area contributed by atoms with Crippen LogP contribution < -0.4 is 10.2 Å². The molecule has 274 valence electrons. The third kappa shape index (κ3) is 5.99. The third-order valence-electron chi connectivity index (χ3n) is 11.3. The van der Waals surface area contributed by atoms with E-state index in [1.807, 2.05) is 0 Å². The zero-order chi connectivity index (χ0) is 38.4. The molecule has 0 saturated heterocycles. The van der Waals surface area contributed by atoms with Crippen LogP contribution in [0.4, 0.5) is 17.1 Å². The summed E-state index contributed by atoms with van der Waals surface area (Å²) >= 11 is 0. The van der Waals surface area contributed by atoms with Gasteiger partial charge in [0.15, 0.2) is 0 Å². The van der Waals surface area contributed by atoms with Crippen molar-refractivity contribution < 1.29 is 4.42 Å². The molecular formula is C54H37N3O. The van der Waals surface area contributed by atoms with Gasteiger partial charge in [0.25, 0.3) is 0 Å². The maximum atomic E-state index is 6.77. The molecule has 0 spiro atoms. The molecule has 58 heavy (non-hydrogen) atoms. The summed E-state index contributed by atoms with van der Waals surface area (Å²) in [6, 6.07) is 75.1. The van der Waals surface area contributed by atoms with Crippen LogP contribution in [0, 0.1) is 0 Å². The first kappa shape index (κ1) is 33.6. The predicted octanol–water partition coefficient (Wildman–Crippen LogP) is 14.1. The van der Waals surface area contributed by atoms with Crippen LogP contribution in [0.25, 0.3) is 66.1 Å². The second-order valence-electron chi connectivity index (χ2n) is 14.8. The van der Waals surface area contributed by atoms with Gasteiger partial charge in [0.05, 0.1) is 5.71 Å². The van der Waals surface area contributed by atoms with Gasteiger partial charge >= 0.3 is 0 Å². The first-order chi connectivity index (χ1) is 28.7. The van der Waals surface area contributed by atoms with Crippen molar-refractivity contribution in [2.45, 2.75) is 6.29 Å². The summed E-state index contributed by atoms with van der Waals surface area (Å²) in [6.07, 6.45) is -0.482. The molecule has 9 aromatic carbocycles. The van der Waals surface area contributed by atoms with Crippen molar-refractivity contribution in [1.29, 1.82) is 0 Å². The molecule has 2 heterocycles. The molecule has 1 atom stereocenters. The lowest BCUT2D eigenvalue weighted by Crippen LogP contribution is -2.40. The number of rotatable bonds is 7. The molecule has 0 fully saturated rings. The van der Waals surface area contributed by atoms with E-state index in [1.54, 1.807) is 0 Å². The van der Waals surface area contributed by atoms with Gasteiger partial charge in [-0.1, -0.05) is 158 Å². The second-order valence-corrected chi connectivity index (χ2v) is 14.8. The molecule has 1 aliphatic rings. The zero-order valence-electron chi connectivity index (χ0n) is 31.6. The van der Waals surface area contributed by atoms with Crippen LogP contribution in [-0.2, 0) is 0 Å². The van der Waals surface area contributed by atoms with Crippen LogP contribution in [0.2, 0.25) is 0 Å². The van der Waals surface area contributed by atoms with Gasteiger partial charge < -0.3 is 14.6 Å². The Balaban J connectivity index is 1.13. The fourth-order valence-electron chi connectivity index (χ4n) is 8.41. The van der Waals surface area contributed by atoms with Crippen molar-refractivity contribution in [2.75, 3.05) is 10.2 Å². The average Bonchev–Trinajstić information content (AvgIpc) is 3.66. The van der Waals surface area contributed by atoms with E-state index in [2.05, 4.69) is 223 Å². The minimum absolute atomic E-state index is 0.482. The number of aliphatic imine (C=N–C) groups is 1. The monoisotopic (exact) mass is 743 g/mol. The van der Waals surface area contributed by atoms with Crippen LogP contribution in [0.3, 0.4) is 0 Å². The molecule has 0 saturated carbocycles. The Labute approximate surface area is 337 Å². The zero-order valence-corrected chi connectivity index (χ0v) is 31.6. The molecule has 1 N–H and O–H groups in total. The van der Waals surface area contributed by atoms with E-state index in [0.717, 1.165) is 83.5 Å². The summed E-state index contributed by atoms with van der Waals surface area (Å²) in [4.78, 5) is 8.04. The third-order valence-corrected chi connectivity index (χ3v) is 11.3. The summed E-state index contributed by atoms with van der Waals surface area (Å²) < 4.78 is 6.77. The number of nitrogens with zero attached hydrogens (tertiary/aromatic N) is 2. The smallest absolute Gasteiger partial charge is 0.201 e. The Bertz CT molecular complexity index is 3030. The molecular weight excluding hydrogens is 707 g/mol. The van der Waals surface area contributed by atoms with E-state index in [-0.39, 0.29) is 0 Å². The maximum Gasteiger partial charge on any atom is 0.201 e. The van der Waals surface area contributed by atoms with E-state index < -0.39 is 6.29 Å². The van der Waals surface area contributed by atoms with Crippen molar-refractivity contribution in [3.8, 4) is 33.4 Å². The molecule has 0 aliphatic carbocycles. The number of furan rings is 1. The summed E-state index contributed by atoms with van der Waals surface area (Å²) in [7, 11) is 0. The highest BCUT2D eigenvalue weighted by molar-refractivity contribution is 6.27. The molecule has 10 aromatic rings. The highest BCUT2D eigenvalue weighted by Gasteiger charge is 2.30. The normalized spacial score (nSPS) is 13.6. The Morgan fingerprint density at radius 3 is 1.52 bits per heavy atom. The predicted molar refractivity (Wildman–Crippen MR) is 242 cm³/mol. The summed E-state index contributed by atoms with van der Waals surface area (Å²) in [6.45, 7) is 0. The van der Waals surface area contributed by atoms with Crippen molar-refractivity contribution >= 4 is 55.5 Å².